The van der Waals surface area contributed by atoms with Gasteiger partial charge in [0.15, 0.2) is 5.78 Å². The number of sulfonamides is 1. The van der Waals surface area contributed by atoms with E-state index in [4.69, 9.17) is 0 Å². The van der Waals surface area contributed by atoms with Crippen LogP contribution in [0.3, 0.4) is 0 Å². The molecule has 0 aliphatic rings. The van der Waals surface area contributed by atoms with Gasteiger partial charge >= 0.3 is 0 Å². The molecule has 9 nitrogen and oxygen atoms in total. The molecular formula is C24H26N4O5S2. The van der Waals surface area contributed by atoms with Crippen molar-refractivity contribution in [1.29, 1.82) is 0 Å². The zero-order chi connectivity index (χ0) is 25.6. The highest BCUT2D eigenvalue weighted by atomic mass is 32.2. The summed E-state index contributed by atoms with van der Waals surface area (Å²) < 4.78 is 25.6. The second-order valence-corrected chi connectivity index (χ2v) is 11.0. The van der Waals surface area contributed by atoms with Gasteiger partial charge in [-0.3, -0.25) is 14.4 Å². The van der Waals surface area contributed by atoms with E-state index in [-0.39, 0.29) is 35.1 Å². The number of thiazole rings is 1. The van der Waals surface area contributed by atoms with Crippen molar-refractivity contribution in [3.05, 3.63) is 70.0 Å². The van der Waals surface area contributed by atoms with E-state index in [0.717, 1.165) is 21.1 Å². The van der Waals surface area contributed by atoms with Crippen LogP contribution in [0, 0.1) is 0 Å². The van der Waals surface area contributed by atoms with Gasteiger partial charge in [0.2, 0.25) is 15.9 Å². The third kappa shape index (κ3) is 7.04. The highest BCUT2D eigenvalue weighted by molar-refractivity contribution is 7.89. The lowest BCUT2D eigenvalue weighted by molar-refractivity contribution is -0.119. The molecule has 11 heteroatoms. The van der Waals surface area contributed by atoms with Crippen molar-refractivity contribution in [3.63, 3.8) is 0 Å². The first-order valence-corrected chi connectivity index (χ1v) is 13.0. The Balaban J connectivity index is 1.56. The van der Waals surface area contributed by atoms with E-state index < -0.39 is 15.9 Å². The predicted molar refractivity (Wildman–Crippen MR) is 133 cm³/mol. The van der Waals surface area contributed by atoms with Gasteiger partial charge in [0.05, 0.1) is 23.6 Å². The number of nitrogens with zero attached hydrogens (tertiary/aromatic N) is 2. The van der Waals surface area contributed by atoms with E-state index >= 15 is 0 Å². The van der Waals surface area contributed by atoms with Crippen molar-refractivity contribution in [1.82, 2.24) is 19.9 Å². The van der Waals surface area contributed by atoms with Crippen LogP contribution in [0.15, 0.2) is 58.8 Å². The lowest BCUT2D eigenvalue weighted by Gasteiger charge is -2.12. The van der Waals surface area contributed by atoms with Gasteiger partial charge in [-0.25, -0.2) is 17.7 Å². The van der Waals surface area contributed by atoms with Gasteiger partial charge in [0.1, 0.15) is 5.01 Å². The van der Waals surface area contributed by atoms with E-state index in [0.29, 0.717) is 11.6 Å². The van der Waals surface area contributed by atoms with Crippen LogP contribution in [-0.4, -0.2) is 55.9 Å². The Labute approximate surface area is 208 Å². The van der Waals surface area contributed by atoms with E-state index in [1.165, 1.54) is 56.6 Å². The van der Waals surface area contributed by atoms with Gasteiger partial charge in [-0.05, 0) is 23.8 Å². The molecule has 0 atom stereocenters. The molecule has 2 aromatic carbocycles. The number of nitrogens with one attached hydrogen (secondary N) is 2. The molecule has 0 bridgehead atoms. The molecule has 0 saturated heterocycles. The van der Waals surface area contributed by atoms with Crippen molar-refractivity contribution in [3.8, 4) is 11.3 Å². The number of benzene rings is 2. The molecular weight excluding hydrogens is 488 g/mol. The fourth-order valence-electron chi connectivity index (χ4n) is 3.07. The van der Waals surface area contributed by atoms with Gasteiger partial charge in [-0.1, -0.05) is 30.3 Å². The van der Waals surface area contributed by atoms with Gasteiger partial charge in [-0.2, -0.15) is 0 Å². The van der Waals surface area contributed by atoms with Crippen LogP contribution in [0.25, 0.3) is 11.3 Å². The van der Waals surface area contributed by atoms with Crippen LogP contribution in [0.4, 0.5) is 0 Å². The molecule has 3 aromatic rings. The molecule has 0 spiro atoms. The Bertz CT molecular complexity index is 1330. The van der Waals surface area contributed by atoms with Gasteiger partial charge < -0.3 is 10.6 Å². The van der Waals surface area contributed by atoms with Crippen molar-refractivity contribution in [2.24, 2.45) is 0 Å². The Kier molecular flexibility index (Phi) is 8.49. The Hall–Kier alpha value is -3.41. The van der Waals surface area contributed by atoms with Crippen molar-refractivity contribution < 1.29 is 22.8 Å². The van der Waals surface area contributed by atoms with Crippen LogP contribution in [0.2, 0.25) is 0 Å². The summed E-state index contributed by atoms with van der Waals surface area (Å²) in [5, 5.41) is 7.77. The number of Topliss-reactive ketones (excluding diaryl/α,β-unsaturated/α-hetero) is 1. The molecule has 3 rings (SSSR count). The summed E-state index contributed by atoms with van der Waals surface area (Å²) in [7, 11) is -0.850. The molecule has 2 N–H and O–H groups in total. The van der Waals surface area contributed by atoms with Crippen LogP contribution in [-0.2, 0) is 32.6 Å². The van der Waals surface area contributed by atoms with E-state index in [2.05, 4.69) is 15.6 Å². The fraction of sp³-hybridized carbons (Fsp3) is 0.250. The third-order valence-corrected chi connectivity index (χ3v) is 7.67. The Morgan fingerprint density at radius 3 is 2.40 bits per heavy atom. The first-order valence-electron chi connectivity index (χ1n) is 10.7. The number of hydrogen-bond acceptors (Lipinski definition) is 7. The quantitative estimate of drug-likeness (QED) is 0.427. The average molecular weight is 515 g/mol. The molecule has 0 aliphatic carbocycles. The molecule has 0 saturated carbocycles. The molecule has 1 aromatic heterocycles. The summed E-state index contributed by atoms with van der Waals surface area (Å²) in [5.74, 6) is -0.847. The smallest absolute Gasteiger partial charge is 0.251 e. The first kappa shape index (κ1) is 26.2. The minimum atomic E-state index is -3.67. The summed E-state index contributed by atoms with van der Waals surface area (Å²) in [6, 6.07) is 13.3. The SMILES string of the molecule is CC(=O)NCc1ccc(-c2csc(CC(=O)CNC(=O)c3cccc(S(=O)(=O)N(C)C)c3)n2)cc1. The predicted octanol–water partition coefficient (Wildman–Crippen LogP) is 2.24. The second kappa shape index (κ2) is 11.3. The van der Waals surface area contributed by atoms with Crippen molar-refractivity contribution in [2.75, 3.05) is 20.6 Å². The highest BCUT2D eigenvalue weighted by Crippen LogP contribution is 2.23. The second-order valence-electron chi connectivity index (χ2n) is 7.95. The molecule has 2 amide bonds. The Morgan fingerprint density at radius 2 is 1.74 bits per heavy atom. The lowest BCUT2D eigenvalue weighted by atomic mass is 10.1. The minimum absolute atomic E-state index is 0.0000560. The molecule has 35 heavy (non-hydrogen) atoms. The zero-order valence-corrected chi connectivity index (χ0v) is 21.2. The van der Waals surface area contributed by atoms with Crippen LogP contribution >= 0.6 is 11.3 Å². The van der Waals surface area contributed by atoms with Crippen molar-refractivity contribution in [2.45, 2.75) is 24.8 Å². The number of amides is 2. The molecule has 1 heterocycles. The topological polar surface area (TPSA) is 126 Å². The summed E-state index contributed by atoms with van der Waals surface area (Å²) in [5.41, 5.74) is 2.76. The molecule has 0 aliphatic heterocycles. The van der Waals surface area contributed by atoms with E-state index in [9.17, 15) is 22.8 Å². The minimum Gasteiger partial charge on any atom is -0.352 e. The van der Waals surface area contributed by atoms with Gasteiger partial charge in [0.25, 0.3) is 5.91 Å². The maximum Gasteiger partial charge on any atom is 0.251 e. The molecule has 0 fully saturated rings. The van der Waals surface area contributed by atoms with E-state index in [1.807, 2.05) is 29.6 Å². The monoisotopic (exact) mass is 514 g/mol. The number of ketones is 1. The fourth-order valence-corrected chi connectivity index (χ4v) is 4.85. The molecule has 0 radical (unpaired) electrons. The number of aromatic nitrogens is 1. The van der Waals surface area contributed by atoms with Gasteiger partial charge in [0, 0.05) is 44.1 Å². The van der Waals surface area contributed by atoms with Crippen LogP contribution < -0.4 is 10.6 Å². The first-order chi connectivity index (χ1) is 16.6. The zero-order valence-electron chi connectivity index (χ0n) is 19.6. The van der Waals surface area contributed by atoms with Crippen LogP contribution in [0.5, 0.6) is 0 Å². The molecule has 184 valence electrons. The summed E-state index contributed by atoms with van der Waals surface area (Å²) in [4.78, 5) is 40.4. The van der Waals surface area contributed by atoms with Gasteiger partial charge in [-0.15, -0.1) is 11.3 Å². The number of hydrogen-bond donors (Lipinski definition) is 2. The Morgan fingerprint density at radius 1 is 1.03 bits per heavy atom. The lowest BCUT2D eigenvalue weighted by Crippen LogP contribution is -2.30. The molecule has 0 unspecified atom stereocenters. The number of carbonyl (C=O) groups is 3. The summed E-state index contributed by atoms with van der Waals surface area (Å²) >= 11 is 1.36. The normalized spacial score (nSPS) is 11.3. The van der Waals surface area contributed by atoms with E-state index in [1.54, 1.807) is 0 Å². The number of carbonyl (C=O) groups excluding carboxylic acids is 3. The standard InChI is InChI=1S/C24H26N4O5S2/c1-16(29)25-13-17-7-9-18(10-8-17)22-15-34-23(27-22)12-20(30)14-26-24(31)19-5-4-6-21(11-19)35(32,33)28(2)3/h4-11,15H,12-14H2,1-3H3,(H,25,29)(H,26,31). The summed E-state index contributed by atoms with van der Waals surface area (Å²) in [6.45, 7) is 1.72. The maximum absolute atomic E-state index is 12.4. The largest absolute Gasteiger partial charge is 0.352 e. The third-order valence-electron chi connectivity index (χ3n) is 5.01. The van der Waals surface area contributed by atoms with Crippen molar-refractivity contribution >= 4 is 39.0 Å². The maximum atomic E-state index is 12.4. The number of rotatable bonds is 10. The highest BCUT2D eigenvalue weighted by Gasteiger charge is 2.19. The average Bonchev–Trinajstić information content (AvgIpc) is 3.29. The summed E-state index contributed by atoms with van der Waals surface area (Å²) in [6.07, 6.45) is 0.0700. The van der Waals surface area contributed by atoms with Crippen LogP contribution in [0.1, 0.15) is 27.9 Å².